The van der Waals surface area contributed by atoms with Crippen LogP contribution in [-0.2, 0) is 32.7 Å². The smallest absolute Gasteiger partial charge is 0 e. The first kappa shape index (κ1) is 17.2. The summed E-state index contributed by atoms with van der Waals surface area (Å²) in [7, 11) is 0. The normalized spacial score (nSPS) is 7.80. The summed E-state index contributed by atoms with van der Waals surface area (Å²) in [6.07, 6.45) is 6.11. The molecule has 0 aromatic heterocycles. The van der Waals surface area contributed by atoms with Crippen LogP contribution in [0.2, 0.25) is 0 Å². The topological polar surface area (TPSA) is 57.5 Å². The average molecular weight is 221 g/mol. The van der Waals surface area contributed by atoms with Crippen molar-refractivity contribution < 1.29 is 38.2 Å². The molecule has 0 bridgehead atoms. The van der Waals surface area contributed by atoms with Crippen molar-refractivity contribution in [3.05, 3.63) is 6.92 Å². The van der Waals surface area contributed by atoms with E-state index in [1.165, 1.54) is 25.7 Å². The van der Waals surface area contributed by atoms with Gasteiger partial charge in [0.05, 0.1) is 0 Å². The van der Waals surface area contributed by atoms with E-state index in [0.29, 0.717) is 0 Å². The molecule has 0 rings (SSSR count). The Bertz CT molecular complexity index is 38.6. The van der Waals surface area contributed by atoms with E-state index < -0.39 is 0 Å². The number of rotatable bonds is 5. The van der Waals surface area contributed by atoms with E-state index in [1.807, 2.05) is 0 Å². The Morgan fingerprint density at radius 1 is 1.00 bits per heavy atom. The van der Waals surface area contributed by atoms with Crippen LogP contribution in [0.15, 0.2) is 0 Å². The first-order valence-electron chi connectivity index (χ1n) is 3.41. The second kappa shape index (κ2) is 16.5. The van der Waals surface area contributed by atoms with E-state index in [2.05, 4.69) is 6.92 Å². The average Bonchev–Trinajstić information content (AvgIpc) is 1.81. The third-order valence-electron chi connectivity index (χ3n) is 1.20. The minimum absolute atomic E-state index is 0. The quantitative estimate of drug-likeness (QED) is 0.544. The molecule has 0 saturated carbocycles. The molecule has 0 aromatic carbocycles. The molecule has 0 atom stereocenters. The van der Waals surface area contributed by atoms with Crippen LogP contribution in [0.3, 0.4) is 0 Å². The number of unbranched alkanes of at least 4 members (excludes halogenated alkanes) is 4. The van der Waals surface area contributed by atoms with Crippen molar-refractivity contribution in [3.8, 4) is 0 Å². The largest absolute Gasteiger partial charge is 0.412 e. The molecule has 1 radical (unpaired) electrons. The SMILES string of the molecule is O.[CH2-]CCCCCCN.[Y]. The zero-order valence-corrected chi connectivity index (χ0v) is 9.44. The van der Waals surface area contributed by atoms with Crippen LogP contribution in [0.5, 0.6) is 0 Å². The zero-order valence-electron chi connectivity index (χ0n) is 6.60. The summed E-state index contributed by atoms with van der Waals surface area (Å²) in [6, 6.07) is 0. The first-order valence-corrected chi connectivity index (χ1v) is 3.41. The van der Waals surface area contributed by atoms with Crippen molar-refractivity contribution in [2.24, 2.45) is 5.73 Å². The van der Waals surface area contributed by atoms with Crippen LogP contribution in [0.25, 0.3) is 0 Å². The van der Waals surface area contributed by atoms with Gasteiger partial charge in [0.1, 0.15) is 0 Å². The van der Waals surface area contributed by atoms with Gasteiger partial charge in [0.15, 0.2) is 0 Å². The first-order chi connectivity index (χ1) is 3.91. The summed E-state index contributed by atoms with van der Waals surface area (Å²) in [5.74, 6) is 0. The Morgan fingerprint density at radius 3 is 1.90 bits per heavy atom. The van der Waals surface area contributed by atoms with Gasteiger partial charge in [-0.25, -0.2) is 0 Å². The number of hydrogen-bond acceptors (Lipinski definition) is 1. The summed E-state index contributed by atoms with van der Waals surface area (Å²) in [5, 5.41) is 0. The van der Waals surface area contributed by atoms with Crippen LogP contribution < -0.4 is 5.73 Å². The van der Waals surface area contributed by atoms with Crippen molar-refractivity contribution in [1.82, 2.24) is 0 Å². The zero-order chi connectivity index (χ0) is 6.24. The van der Waals surface area contributed by atoms with Crippen molar-refractivity contribution in [3.63, 3.8) is 0 Å². The van der Waals surface area contributed by atoms with Crippen LogP contribution in [0, 0.1) is 6.92 Å². The molecular formula is C7H18NOY-. The van der Waals surface area contributed by atoms with Crippen molar-refractivity contribution in [2.45, 2.75) is 32.1 Å². The summed E-state index contributed by atoms with van der Waals surface area (Å²) in [4.78, 5) is 0. The third-order valence-corrected chi connectivity index (χ3v) is 1.20. The van der Waals surface area contributed by atoms with Gasteiger partial charge in [-0.2, -0.15) is 6.42 Å². The Hall–Kier alpha value is 1.02. The van der Waals surface area contributed by atoms with Crippen LogP contribution in [-0.4, -0.2) is 12.0 Å². The Balaban J connectivity index is -0.000000245. The fourth-order valence-electron chi connectivity index (χ4n) is 0.675. The van der Waals surface area contributed by atoms with Gasteiger partial charge in [-0.1, -0.05) is 19.3 Å². The Labute approximate surface area is 89.1 Å². The van der Waals surface area contributed by atoms with Crippen molar-refractivity contribution in [2.75, 3.05) is 6.54 Å². The Kier molecular flexibility index (Phi) is 28.5. The monoisotopic (exact) mass is 221 g/mol. The van der Waals surface area contributed by atoms with E-state index >= 15 is 0 Å². The van der Waals surface area contributed by atoms with Crippen LogP contribution >= 0.6 is 0 Å². The molecule has 61 valence electrons. The fraction of sp³-hybridized carbons (Fsp3) is 0.857. The number of hydrogen-bond donors (Lipinski definition) is 1. The van der Waals surface area contributed by atoms with E-state index in [1.54, 1.807) is 0 Å². The molecule has 2 nitrogen and oxygen atoms in total. The van der Waals surface area contributed by atoms with E-state index in [4.69, 9.17) is 5.73 Å². The molecule has 0 aliphatic carbocycles. The molecular weight excluding hydrogens is 203 g/mol. The molecule has 0 heterocycles. The molecule has 0 aromatic rings. The van der Waals surface area contributed by atoms with Gasteiger partial charge in [0.25, 0.3) is 0 Å². The summed E-state index contributed by atoms with van der Waals surface area (Å²) < 4.78 is 0. The van der Waals surface area contributed by atoms with E-state index in [9.17, 15) is 0 Å². The molecule has 0 unspecified atom stereocenters. The maximum Gasteiger partial charge on any atom is 0 e. The van der Waals surface area contributed by atoms with Gasteiger partial charge in [-0.3, -0.25) is 0 Å². The van der Waals surface area contributed by atoms with Gasteiger partial charge in [0, 0.05) is 32.7 Å². The number of nitrogens with two attached hydrogens (primary N) is 1. The predicted molar refractivity (Wildman–Crippen MR) is 41.1 cm³/mol. The molecule has 4 N–H and O–H groups in total. The summed E-state index contributed by atoms with van der Waals surface area (Å²) >= 11 is 0. The third kappa shape index (κ3) is 16.0. The molecule has 0 fully saturated rings. The fourth-order valence-corrected chi connectivity index (χ4v) is 0.675. The van der Waals surface area contributed by atoms with Crippen molar-refractivity contribution >= 4 is 0 Å². The second-order valence-electron chi connectivity index (χ2n) is 2.06. The van der Waals surface area contributed by atoms with Crippen LogP contribution in [0.1, 0.15) is 32.1 Å². The maximum absolute atomic E-state index is 5.30. The Morgan fingerprint density at radius 2 is 1.50 bits per heavy atom. The summed E-state index contributed by atoms with van der Waals surface area (Å²) in [6.45, 7) is 4.60. The van der Waals surface area contributed by atoms with Gasteiger partial charge in [-0.05, 0) is 13.0 Å². The molecule has 0 saturated heterocycles. The molecule has 0 aliphatic rings. The molecule has 3 heteroatoms. The molecule has 0 spiro atoms. The summed E-state index contributed by atoms with van der Waals surface area (Å²) in [5.41, 5.74) is 5.30. The minimum atomic E-state index is 0. The van der Waals surface area contributed by atoms with Gasteiger partial charge in [0.2, 0.25) is 0 Å². The minimum Gasteiger partial charge on any atom is -0.412 e. The standard InChI is InChI=1S/C7H16N.H2O.Y/c1-2-3-4-5-6-7-8;;/h1-8H2;1H2;/q-1;;. The molecule has 0 amide bonds. The predicted octanol–water partition coefficient (Wildman–Crippen LogP) is 0.902. The van der Waals surface area contributed by atoms with Crippen LogP contribution in [0.4, 0.5) is 0 Å². The second-order valence-corrected chi connectivity index (χ2v) is 2.06. The van der Waals surface area contributed by atoms with Gasteiger partial charge >= 0.3 is 0 Å². The maximum atomic E-state index is 5.30. The van der Waals surface area contributed by atoms with Gasteiger partial charge in [-0.15, -0.1) is 0 Å². The van der Waals surface area contributed by atoms with Crippen molar-refractivity contribution in [1.29, 1.82) is 0 Å². The molecule has 10 heavy (non-hydrogen) atoms. The molecule has 0 aliphatic heterocycles. The van der Waals surface area contributed by atoms with Gasteiger partial charge < -0.3 is 18.1 Å². The van der Waals surface area contributed by atoms with E-state index in [-0.39, 0.29) is 38.2 Å². The van der Waals surface area contributed by atoms with E-state index in [0.717, 1.165) is 13.0 Å².